The Labute approximate surface area is 81.3 Å². The molecule has 0 atom stereocenters. The van der Waals surface area contributed by atoms with Crippen molar-refractivity contribution in [2.75, 3.05) is 13.1 Å². The molecule has 1 heterocycles. The summed E-state index contributed by atoms with van der Waals surface area (Å²) in [6, 6.07) is 0. The molecule has 1 amide bonds. The number of rotatable bonds is 4. The molecule has 0 bridgehead atoms. The predicted octanol–water partition coefficient (Wildman–Crippen LogP) is 2.44. The Hall–Kier alpha value is -0.530. The molecular weight excluding hydrogens is 162 g/mol. The Morgan fingerprint density at radius 2 is 1.92 bits per heavy atom. The van der Waals surface area contributed by atoms with Gasteiger partial charge < -0.3 is 4.90 Å². The van der Waals surface area contributed by atoms with Gasteiger partial charge in [-0.05, 0) is 25.2 Å². The number of carbonyl (C=O) groups excluding carboxylic acids is 1. The van der Waals surface area contributed by atoms with E-state index in [9.17, 15) is 4.79 Å². The average molecular weight is 183 g/mol. The molecule has 1 aliphatic rings. The van der Waals surface area contributed by atoms with Crippen molar-refractivity contribution in [2.24, 2.45) is 5.92 Å². The van der Waals surface area contributed by atoms with Gasteiger partial charge in [0.1, 0.15) is 0 Å². The molecule has 0 aromatic carbocycles. The highest BCUT2D eigenvalue weighted by Crippen LogP contribution is 2.12. The van der Waals surface area contributed by atoms with Crippen LogP contribution in [0.5, 0.6) is 0 Å². The van der Waals surface area contributed by atoms with Gasteiger partial charge in [-0.15, -0.1) is 0 Å². The van der Waals surface area contributed by atoms with Gasteiger partial charge in [-0.25, -0.2) is 0 Å². The van der Waals surface area contributed by atoms with Gasteiger partial charge in [0.2, 0.25) is 5.91 Å². The summed E-state index contributed by atoms with van der Waals surface area (Å²) in [5.41, 5.74) is 0. The zero-order valence-electron chi connectivity index (χ0n) is 8.88. The highest BCUT2D eigenvalue weighted by molar-refractivity contribution is 5.76. The molecule has 0 spiro atoms. The van der Waals surface area contributed by atoms with Crippen molar-refractivity contribution < 1.29 is 4.79 Å². The first-order chi connectivity index (χ1) is 6.20. The smallest absolute Gasteiger partial charge is 0.222 e. The van der Waals surface area contributed by atoms with Gasteiger partial charge >= 0.3 is 0 Å². The Kier molecular flexibility index (Phi) is 4.26. The van der Waals surface area contributed by atoms with Crippen LogP contribution in [0.25, 0.3) is 0 Å². The standard InChI is InChI=1S/C11H21NO/c1-10(2)6-5-7-11(13)12-8-3-4-9-12/h10H,3-9H2,1-2H3. The van der Waals surface area contributed by atoms with Crippen LogP contribution in [0.3, 0.4) is 0 Å². The van der Waals surface area contributed by atoms with E-state index in [1.165, 1.54) is 19.3 Å². The first-order valence-corrected chi connectivity index (χ1v) is 5.48. The van der Waals surface area contributed by atoms with Gasteiger partial charge in [-0.1, -0.05) is 20.3 Å². The van der Waals surface area contributed by atoms with E-state index in [2.05, 4.69) is 13.8 Å². The summed E-state index contributed by atoms with van der Waals surface area (Å²) < 4.78 is 0. The number of nitrogens with zero attached hydrogens (tertiary/aromatic N) is 1. The van der Waals surface area contributed by atoms with Crippen LogP contribution in [0.2, 0.25) is 0 Å². The van der Waals surface area contributed by atoms with Crippen molar-refractivity contribution in [2.45, 2.75) is 46.0 Å². The molecular formula is C11H21NO. The Balaban J connectivity index is 2.10. The molecule has 0 radical (unpaired) electrons. The second kappa shape index (κ2) is 5.25. The van der Waals surface area contributed by atoms with E-state index < -0.39 is 0 Å². The van der Waals surface area contributed by atoms with Crippen molar-refractivity contribution >= 4 is 5.91 Å². The molecule has 1 saturated heterocycles. The monoisotopic (exact) mass is 183 g/mol. The van der Waals surface area contributed by atoms with Gasteiger partial charge in [0.25, 0.3) is 0 Å². The van der Waals surface area contributed by atoms with Crippen LogP contribution in [-0.2, 0) is 4.79 Å². The third kappa shape index (κ3) is 3.79. The number of hydrogen-bond acceptors (Lipinski definition) is 1. The summed E-state index contributed by atoms with van der Waals surface area (Å²) in [4.78, 5) is 13.6. The maximum absolute atomic E-state index is 11.6. The van der Waals surface area contributed by atoms with Crippen LogP contribution in [0, 0.1) is 5.92 Å². The lowest BCUT2D eigenvalue weighted by molar-refractivity contribution is -0.130. The zero-order valence-corrected chi connectivity index (χ0v) is 8.88. The number of amides is 1. The molecule has 13 heavy (non-hydrogen) atoms. The molecule has 1 rings (SSSR count). The van der Waals surface area contributed by atoms with E-state index in [1.807, 2.05) is 4.90 Å². The van der Waals surface area contributed by atoms with Crippen LogP contribution in [0.4, 0.5) is 0 Å². The fraction of sp³-hybridized carbons (Fsp3) is 0.909. The lowest BCUT2D eigenvalue weighted by atomic mass is 10.1. The first-order valence-electron chi connectivity index (χ1n) is 5.48. The minimum atomic E-state index is 0.373. The third-order valence-electron chi connectivity index (χ3n) is 2.63. The quantitative estimate of drug-likeness (QED) is 0.655. The van der Waals surface area contributed by atoms with Crippen molar-refractivity contribution in [3.8, 4) is 0 Å². The van der Waals surface area contributed by atoms with Crippen molar-refractivity contribution in [1.29, 1.82) is 0 Å². The van der Waals surface area contributed by atoms with E-state index in [1.54, 1.807) is 0 Å². The molecule has 0 N–H and O–H groups in total. The van der Waals surface area contributed by atoms with E-state index in [0.29, 0.717) is 5.91 Å². The van der Waals surface area contributed by atoms with Crippen molar-refractivity contribution in [1.82, 2.24) is 4.90 Å². The van der Waals surface area contributed by atoms with Gasteiger partial charge in [-0.2, -0.15) is 0 Å². The molecule has 0 aromatic heterocycles. The minimum absolute atomic E-state index is 0.373. The third-order valence-corrected chi connectivity index (χ3v) is 2.63. The van der Waals surface area contributed by atoms with E-state index >= 15 is 0 Å². The van der Waals surface area contributed by atoms with Crippen LogP contribution < -0.4 is 0 Å². The number of likely N-dealkylation sites (tertiary alicyclic amines) is 1. The van der Waals surface area contributed by atoms with Gasteiger partial charge in [0.15, 0.2) is 0 Å². The second-order valence-corrected chi connectivity index (χ2v) is 4.37. The molecule has 2 heteroatoms. The summed E-state index contributed by atoms with van der Waals surface area (Å²) in [5.74, 6) is 1.10. The molecule has 2 nitrogen and oxygen atoms in total. The summed E-state index contributed by atoms with van der Waals surface area (Å²) in [5, 5.41) is 0. The van der Waals surface area contributed by atoms with Crippen LogP contribution in [0.15, 0.2) is 0 Å². The summed E-state index contributed by atoms with van der Waals surface area (Å²) in [6.07, 6.45) is 5.41. The fourth-order valence-corrected chi connectivity index (χ4v) is 1.79. The highest BCUT2D eigenvalue weighted by Gasteiger charge is 2.16. The molecule has 0 aliphatic carbocycles. The van der Waals surface area contributed by atoms with Gasteiger partial charge in [0, 0.05) is 19.5 Å². The number of carbonyl (C=O) groups is 1. The largest absolute Gasteiger partial charge is 0.343 e. The van der Waals surface area contributed by atoms with Gasteiger partial charge in [0.05, 0.1) is 0 Å². The molecule has 0 saturated carbocycles. The van der Waals surface area contributed by atoms with E-state index in [0.717, 1.165) is 31.8 Å². The Morgan fingerprint density at radius 1 is 1.31 bits per heavy atom. The summed E-state index contributed by atoms with van der Waals surface area (Å²) in [7, 11) is 0. The second-order valence-electron chi connectivity index (χ2n) is 4.37. The van der Waals surface area contributed by atoms with Crippen LogP contribution in [-0.4, -0.2) is 23.9 Å². The van der Waals surface area contributed by atoms with Crippen molar-refractivity contribution in [3.63, 3.8) is 0 Å². The fourth-order valence-electron chi connectivity index (χ4n) is 1.79. The molecule has 1 aliphatic heterocycles. The maximum atomic E-state index is 11.6. The Morgan fingerprint density at radius 3 is 2.46 bits per heavy atom. The normalized spacial score (nSPS) is 17.0. The lowest BCUT2D eigenvalue weighted by Gasteiger charge is -2.15. The average Bonchev–Trinajstić information content (AvgIpc) is 2.55. The highest BCUT2D eigenvalue weighted by atomic mass is 16.2. The molecule has 0 aromatic rings. The van der Waals surface area contributed by atoms with Gasteiger partial charge in [-0.3, -0.25) is 4.79 Å². The maximum Gasteiger partial charge on any atom is 0.222 e. The van der Waals surface area contributed by atoms with Crippen LogP contribution in [0.1, 0.15) is 46.0 Å². The first kappa shape index (κ1) is 10.6. The van der Waals surface area contributed by atoms with Crippen LogP contribution >= 0.6 is 0 Å². The van der Waals surface area contributed by atoms with E-state index in [4.69, 9.17) is 0 Å². The SMILES string of the molecule is CC(C)CCCC(=O)N1CCCC1. The zero-order chi connectivity index (χ0) is 9.68. The molecule has 0 unspecified atom stereocenters. The Bertz CT molecular complexity index is 159. The number of hydrogen-bond donors (Lipinski definition) is 0. The topological polar surface area (TPSA) is 20.3 Å². The minimum Gasteiger partial charge on any atom is -0.343 e. The summed E-state index contributed by atoms with van der Waals surface area (Å²) >= 11 is 0. The lowest BCUT2D eigenvalue weighted by Crippen LogP contribution is -2.27. The van der Waals surface area contributed by atoms with E-state index in [-0.39, 0.29) is 0 Å². The molecule has 76 valence electrons. The summed E-state index contributed by atoms with van der Waals surface area (Å²) in [6.45, 7) is 6.42. The molecule has 1 fully saturated rings. The predicted molar refractivity (Wildman–Crippen MR) is 54.5 cm³/mol. The van der Waals surface area contributed by atoms with Crippen molar-refractivity contribution in [3.05, 3.63) is 0 Å².